The minimum absolute atomic E-state index is 0.576. The van der Waals surface area contributed by atoms with Gasteiger partial charge in [0, 0.05) is 12.0 Å². The van der Waals surface area contributed by atoms with Crippen molar-refractivity contribution in [2.45, 2.75) is 24.8 Å². The first-order chi connectivity index (χ1) is 9.33. The fourth-order valence-electron chi connectivity index (χ4n) is 3.67. The van der Waals surface area contributed by atoms with Crippen LogP contribution in [-0.4, -0.2) is 13.1 Å². The molecule has 0 spiro atoms. The van der Waals surface area contributed by atoms with E-state index in [1.807, 2.05) is 0 Å². The van der Waals surface area contributed by atoms with Crippen LogP contribution >= 0.6 is 0 Å². The molecule has 0 bridgehead atoms. The predicted octanol–water partition coefficient (Wildman–Crippen LogP) is 3.79. The lowest BCUT2D eigenvalue weighted by Gasteiger charge is -2.51. The fraction of sp³-hybridized carbons (Fsp3) is 0.333. The molecular weight excluding hydrogens is 230 g/mol. The molecule has 98 valence electrons. The van der Waals surface area contributed by atoms with Gasteiger partial charge in [0.1, 0.15) is 0 Å². The number of hydrogen-bond donors (Lipinski definition) is 1. The van der Waals surface area contributed by atoms with Crippen molar-refractivity contribution in [3.8, 4) is 0 Å². The predicted molar refractivity (Wildman–Crippen MR) is 80.4 cm³/mol. The van der Waals surface area contributed by atoms with Crippen molar-refractivity contribution in [2.75, 3.05) is 7.05 Å². The Morgan fingerprint density at radius 2 is 1.21 bits per heavy atom. The highest BCUT2D eigenvalue weighted by Gasteiger charge is 2.48. The van der Waals surface area contributed by atoms with Gasteiger partial charge in [-0.25, -0.2) is 0 Å². The largest absolute Gasteiger partial charge is 0.316 e. The molecule has 4 atom stereocenters. The average molecular weight is 251 g/mol. The van der Waals surface area contributed by atoms with Crippen LogP contribution in [0.5, 0.6) is 0 Å². The smallest absolute Gasteiger partial charge is 0.0170 e. The minimum atomic E-state index is 0.576. The Labute approximate surface area is 115 Å². The second kappa shape index (κ2) is 5.18. The van der Waals surface area contributed by atoms with E-state index in [0.29, 0.717) is 23.8 Å². The van der Waals surface area contributed by atoms with E-state index in [4.69, 9.17) is 0 Å². The maximum Gasteiger partial charge on any atom is 0.0170 e. The summed E-state index contributed by atoms with van der Waals surface area (Å²) >= 11 is 0. The van der Waals surface area contributed by atoms with Crippen molar-refractivity contribution in [3.63, 3.8) is 0 Å². The lowest BCUT2D eigenvalue weighted by Crippen LogP contribution is -2.53. The third-order valence-electron chi connectivity index (χ3n) is 4.61. The minimum Gasteiger partial charge on any atom is -0.316 e. The van der Waals surface area contributed by atoms with E-state index in [0.717, 1.165) is 0 Å². The molecule has 1 aliphatic rings. The molecule has 0 radical (unpaired) electrons. The molecule has 19 heavy (non-hydrogen) atoms. The van der Waals surface area contributed by atoms with Crippen molar-refractivity contribution in [1.29, 1.82) is 0 Å². The zero-order chi connectivity index (χ0) is 13.2. The molecule has 1 nitrogen and oxygen atoms in total. The summed E-state index contributed by atoms with van der Waals surface area (Å²) in [5.41, 5.74) is 2.92. The van der Waals surface area contributed by atoms with Crippen LogP contribution in [0.1, 0.15) is 29.9 Å². The van der Waals surface area contributed by atoms with Crippen molar-refractivity contribution < 1.29 is 0 Å². The van der Waals surface area contributed by atoms with Crippen LogP contribution in [0.3, 0.4) is 0 Å². The van der Waals surface area contributed by atoms with Gasteiger partial charge in [-0.3, -0.25) is 0 Å². The topological polar surface area (TPSA) is 12.0 Å². The summed E-state index contributed by atoms with van der Waals surface area (Å²) in [5, 5.41) is 3.50. The molecule has 4 unspecified atom stereocenters. The average Bonchev–Trinajstić information content (AvgIpc) is 2.47. The van der Waals surface area contributed by atoms with E-state index >= 15 is 0 Å². The summed E-state index contributed by atoms with van der Waals surface area (Å²) in [4.78, 5) is 0. The fourth-order valence-corrected chi connectivity index (χ4v) is 3.67. The van der Waals surface area contributed by atoms with Crippen LogP contribution in [0.15, 0.2) is 60.7 Å². The Hall–Kier alpha value is -1.60. The van der Waals surface area contributed by atoms with E-state index < -0.39 is 0 Å². The lowest BCUT2D eigenvalue weighted by molar-refractivity contribution is 0.149. The summed E-state index contributed by atoms with van der Waals surface area (Å²) in [5.74, 6) is 1.89. The SMILES string of the molecule is CNC1C(C)C(c2ccccc2)C1c1ccccc1. The molecule has 0 amide bonds. The van der Waals surface area contributed by atoms with E-state index in [1.165, 1.54) is 11.1 Å². The summed E-state index contributed by atoms with van der Waals surface area (Å²) in [7, 11) is 2.08. The highest BCUT2D eigenvalue weighted by molar-refractivity contribution is 5.36. The van der Waals surface area contributed by atoms with Gasteiger partial charge in [0.25, 0.3) is 0 Å². The third-order valence-corrected chi connectivity index (χ3v) is 4.61. The Balaban J connectivity index is 1.95. The third kappa shape index (κ3) is 2.08. The summed E-state index contributed by atoms with van der Waals surface area (Å²) in [6, 6.07) is 22.4. The Bertz CT molecular complexity index is 520. The normalized spacial score (nSPS) is 29.8. The van der Waals surface area contributed by atoms with E-state index in [2.05, 4.69) is 80.0 Å². The second-order valence-electron chi connectivity index (χ2n) is 5.55. The van der Waals surface area contributed by atoms with Crippen LogP contribution in [0, 0.1) is 5.92 Å². The Morgan fingerprint density at radius 1 is 0.737 bits per heavy atom. The van der Waals surface area contributed by atoms with Crippen molar-refractivity contribution >= 4 is 0 Å². The first kappa shape index (κ1) is 12.4. The number of nitrogens with one attached hydrogen (secondary N) is 1. The number of rotatable bonds is 3. The Kier molecular flexibility index (Phi) is 3.39. The van der Waals surface area contributed by atoms with Gasteiger partial charge in [-0.15, -0.1) is 0 Å². The molecule has 2 aromatic carbocycles. The molecule has 1 N–H and O–H groups in total. The van der Waals surface area contributed by atoms with Gasteiger partial charge in [0.15, 0.2) is 0 Å². The molecule has 0 heterocycles. The summed E-state index contributed by atoms with van der Waals surface area (Å²) < 4.78 is 0. The highest BCUT2D eigenvalue weighted by Crippen LogP contribution is 2.53. The van der Waals surface area contributed by atoms with E-state index in [-0.39, 0.29) is 0 Å². The maximum atomic E-state index is 3.50. The second-order valence-corrected chi connectivity index (χ2v) is 5.55. The van der Waals surface area contributed by atoms with Gasteiger partial charge in [-0.2, -0.15) is 0 Å². The molecule has 2 aromatic rings. The molecule has 0 aromatic heterocycles. The van der Waals surface area contributed by atoms with Crippen LogP contribution in [0.2, 0.25) is 0 Å². The van der Waals surface area contributed by atoms with Gasteiger partial charge in [-0.05, 0) is 30.0 Å². The van der Waals surface area contributed by atoms with E-state index in [1.54, 1.807) is 0 Å². The molecule has 1 aliphatic carbocycles. The Morgan fingerprint density at radius 3 is 1.68 bits per heavy atom. The van der Waals surface area contributed by atoms with Crippen LogP contribution in [0.4, 0.5) is 0 Å². The number of likely N-dealkylation sites (N-methyl/N-ethyl adjacent to an activating group) is 1. The molecule has 1 fully saturated rings. The molecule has 1 heteroatoms. The van der Waals surface area contributed by atoms with Crippen molar-refractivity contribution in [2.24, 2.45) is 5.92 Å². The number of benzene rings is 2. The molecule has 0 saturated heterocycles. The zero-order valence-electron chi connectivity index (χ0n) is 11.6. The van der Waals surface area contributed by atoms with Crippen LogP contribution in [-0.2, 0) is 0 Å². The number of hydrogen-bond acceptors (Lipinski definition) is 1. The monoisotopic (exact) mass is 251 g/mol. The highest BCUT2D eigenvalue weighted by atomic mass is 14.9. The molecule has 0 aliphatic heterocycles. The quantitative estimate of drug-likeness (QED) is 0.875. The van der Waals surface area contributed by atoms with Gasteiger partial charge in [0.2, 0.25) is 0 Å². The van der Waals surface area contributed by atoms with Gasteiger partial charge in [-0.1, -0.05) is 67.6 Å². The zero-order valence-corrected chi connectivity index (χ0v) is 11.6. The molecule has 3 rings (SSSR count). The van der Waals surface area contributed by atoms with Gasteiger partial charge >= 0.3 is 0 Å². The van der Waals surface area contributed by atoms with Crippen LogP contribution < -0.4 is 5.32 Å². The summed E-state index contributed by atoms with van der Waals surface area (Å²) in [6.07, 6.45) is 0. The first-order valence-electron chi connectivity index (χ1n) is 7.10. The van der Waals surface area contributed by atoms with E-state index in [9.17, 15) is 0 Å². The molecule has 1 saturated carbocycles. The first-order valence-corrected chi connectivity index (χ1v) is 7.10. The molecular formula is C18H21N. The van der Waals surface area contributed by atoms with Gasteiger partial charge < -0.3 is 5.32 Å². The standard InChI is InChI=1S/C18H21N/c1-13-16(14-9-5-3-6-10-14)17(18(13)19-2)15-11-7-4-8-12-15/h3-13,16-19H,1-2H3. The van der Waals surface area contributed by atoms with Gasteiger partial charge in [0.05, 0.1) is 0 Å². The van der Waals surface area contributed by atoms with Crippen LogP contribution in [0.25, 0.3) is 0 Å². The maximum absolute atomic E-state index is 3.50. The summed E-state index contributed by atoms with van der Waals surface area (Å²) in [6.45, 7) is 2.36. The van der Waals surface area contributed by atoms with Crippen molar-refractivity contribution in [1.82, 2.24) is 5.32 Å². The lowest BCUT2D eigenvalue weighted by atomic mass is 9.57. The van der Waals surface area contributed by atoms with Crippen molar-refractivity contribution in [3.05, 3.63) is 71.8 Å².